The molecule has 2 aromatic carbocycles. The third-order valence-electron chi connectivity index (χ3n) is 2.39. The van der Waals surface area contributed by atoms with Crippen LogP contribution in [0.15, 0.2) is 59.5 Å². The van der Waals surface area contributed by atoms with Gasteiger partial charge in [-0.25, -0.2) is 0 Å². The number of hydrogen-bond donors (Lipinski definition) is 1. The number of benzene rings is 2. The summed E-state index contributed by atoms with van der Waals surface area (Å²) in [6, 6.07) is 18.9. The van der Waals surface area contributed by atoms with Gasteiger partial charge < -0.3 is 0 Å². The average molecular weight is 232 g/mol. The van der Waals surface area contributed by atoms with Gasteiger partial charge >= 0.3 is 0 Å². The van der Waals surface area contributed by atoms with Crippen molar-refractivity contribution in [3.63, 3.8) is 0 Å². The smallest absolute Gasteiger partial charge is 0.0120 e. The SMILES string of the molecule is CP(c1ccccc1)c1ccccc1S. The summed E-state index contributed by atoms with van der Waals surface area (Å²) in [6.07, 6.45) is 0. The summed E-state index contributed by atoms with van der Waals surface area (Å²) in [5, 5.41) is 2.75. The van der Waals surface area contributed by atoms with Crippen LogP contribution in [0.4, 0.5) is 0 Å². The fraction of sp³-hybridized carbons (Fsp3) is 0.0769. The minimum Gasteiger partial charge on any atom is -0.143 e. The van der Waals surface area contributed by atoms with Crippen molar-refractivity contribution in [2.45, 2.75) is 4.90 Å². The second-order valence-corrected chi connectivity index (χ2v) is 5.98. The van der Waals surface area contributed by atoms with E-state index in [0.29, 0.717) is 0 Å². The summed E-state index contributed by atoms with van der Waals surface area (Å²) < 4.78 is 0. The van der Waals surface area contributed by atoms with Crippen LogP contribution >= 0.6 is 20.6 Å². The molecule has 15 heavy (non-hydrogen) atoms. The van der Waals surface area contributed by atoms with Crippen molar-refractivity contribution in [1.29, 1.82) is 0 Å². The zero-order chi connectivity index (χ0) is 10.7. The van der Waals surface area contributed by atoms with Gasteiger partial charge in [0.25, 0.3) is 0 Å². The van der Waals surface area contributed by atoms with Crippen molar-refractivity contribution in [3.8, 4) is 0 Å². The molecule has 0 saturated carbocycles. The van der Waals surface area contributed by atoms with Crippen LogP contribution in [0.3, 0.4) is 0 Å². The number of rotatable bonds is 2. The second-order valence-electron chi connectivity index (χ2n) is 3.38. The van der Waals surface area contributed by atoms with Crippen molar-refractivity contribution in [2.24, 2.45) is 0 Å². The normalized spacial score (nSPS) is 12.4. The summed E-state index contributed by atoms with van der Waals surface area (Å²) in [7, 11) is -0.268. The molecule has 2 aromatic rings. The van der Waals surface area contributed by atoms with E-state index in [9.17, 15) is 0 Å². The van der Waals surface area contributed by atoms with Crippen LogP contribution < -0.4 is 10.6 Å². The molecule has 0 fully saturated rings. The van der Waals surface area contributed by atoms with Crippen LogP contribution in [-0.2, 0) is 0 Å². The van der Waals surface area contributed by atoms with E-state index in [1.165, 1.54) is 10.6 Å². The fourth-order valence-corrected chi connectivity index (χ4v) is 3.77. The Morgan fingerprint density at radius 1 is 0.867 bits per heavy atom. The molecule has 0 N–H and O–H groups in total. The molecule has 2 heteroatoms. The van der Waals surface area contributed by atoms with E-state index < -0.39 is 0 Å². The summed E-state index contributed by atoms with van der Waals surface area (Å²) in [5.74, 6) is 0. The van der Waals surface area contributed by atoms with Crippen LogP contribution in [0.25, 0.3) is 0 Å². The van der Waals surface area contributed by atoms with E-state index in [1.807, 2.05) is 6.07 Å². The first-order valence-corrected chi connectivity index (χ1v) is 7.09. The fourth-order valence-electron chi connectivity index (χ4n) is 1.54. The lowest BCUT2D eigenvalue weighted by atomic mass is 10.4. The predicted molar refractivity (Wildman–Crippen MR) is 72.2 cm³/mol. The van der Waals surface area contributed by atoms with Crippen molar-refractivity contribution in [2.75, 3.05) is 6.66 Å². The maximum absolute atomic E-state index is 4.50. The topological polar surface area (TPSA) is 0 Å². The van der Waals surface area contributed by atoms with Crippen molar-refractivity contribution >= 4 is 31.2 Å². The molecule has 0 nitrogen and oxygen atoms in total. The van der Waals surface area contributed by atoms with E-state index >= 15 is 0 Å². The van der Waals surface area contributed by atoms with Crippen LogP contribution in [0, 0.1) is 0 Å². The third-order valence-corrected chi connectivity index (χ3v) is 5.14. The van der Waals surface area contributed by atoms with Crippen LogP contribution in [0.2, 0.25) is 0 Å². The first-order valence-electron chi connectivity index (χ1n) is 4.86. The Morgan fingerprint density at radius 3 is 2.13 bits per heavy atom. The van der Waals surface area contributed by atoms with Gasteiger partial charge in [0.05, 0.1) is 0 Å². The minimum absolute atomic E-state index is 0.268. The molecule has 0 aromatic heterocycles. The lowest BCUT2D eigenvalue weighted by Crippen LogP contribution is -2.11. The Bertz CT molecular complexity index is 439. The third kappa shape index (κ3) is 2.42. The maximum Gasteiger partial charge on any atom is 0.0120 e. The zero-order valence-electron chi connectivity index (χ0n) is 8.59. The van der Waals surface area contributed by atoms with Crippen LogP contribution in [0.1, 0.15) is 0 Å². The van der Waals surface area contributed by atoms with Gasteiger partial charge in [-0.15, -0.1) is 12.6 Å². The zero-order valence-corrected chi connectivity index (χ0v) is 10.4. The Hall–Kier alpha value is -0.780. The Balaban J connectivity index is 2.37. The van der Waals surface area contributed by atoms with E-state index in [1.54, 1.807) is 0 Å². The maximum atomic E-state index is 4.50. The quantitative estimate of drug-likeness (QED) is 0.597. The molecule has 0 aliphatic rings. The minimum atomic E-state index is -0.268. The summed E-state index contributed by atoms with van der Waals surface area (Å²) >= 11 is 4.50. The largest absolute Gasteiger partial charge is 0.143 e. The second kappa shape index (κ2) is 4.83. The molecule has 0 aliphatic heterocycles. The Kier molecular flexibility index (Phi) is 3.45. The highest BCUT2D eigenvalue weighted by molar-refractivity contribution is 7.82. The van der Waals surface area contributed by atoms with Gasteiger partial charge in [0, 0.05) is 4.90 Å². The van der Waals surface area contributed by atoms with Gasteiger partial charge in [0.2, 0.25) is 0 Å². The molecule has 0 spiro atoms. The number of hydrogen-bond acceptors (Lipinski definition) is 1. The molecule has 0 bridgehead atoms. The lowest BCUT2D eigenvalue weighted by molar-refractivity contribution is 1.54. The monoisotopic (exact) mass is 232 g/mol. The van der Waals surface area contributed by atoms with Gasteiger partial charge in [-0.1, -0.05) is 48.5 Å². The van der Waals surface area contributed by atoms with Crippen LogP contribution in [-0.4, -0.2) is 6.66 Å². The van der Waals surface area contributed by atoms with Gasteiger partial charge in [-0.2, -0.15) is 0 Å². The lowest BCUT2D eigenvalue weighted by Gasteiger charge is -2.14. The van der Waals surface area contributed by atoms with Crippen molar-refractivity contribution in [3.05, 3.63) is 54.6 Å². The highest BCUT2D eigenvalue weighted by atomic mass is 32.1. The molecule has 0 aliphatic carbocycles. The molecule has 2 rings (SSSR count). The highest BCUT2D eigenvalue weighted by Gasteiger charge is 2.09. The average Bonchev–Trinajstić information content (AvgIpc) is 2.30. The molecule has 76 valence electrons. The highest BCUT2D eigenvalue weighted by Crippen LogP contribution is 2.30. The molecule has 0 heterocycles. The molecular weight excluding hydrogens is 219 g/mol. The summed E-state index contributed by atoms with van der Waals surface area (Å²) in [6.45, 7) is 2.28. The van der Waals surface area contributed by atoms with Gasteiger partial charge in [0.1, 0.15) is 0 Å². The molecular formula is C13H13PS. The standard InChI is InChI=1S/C13H13PS/c1-14(11-7-3-2-4-8-11)12-9-5-6-10-13(12)15/h2-10,15H,1H3. The molecule has 0 amide bonds. The summed E-state index contributed by atoms with van der Waals surface area (Å²) in [4.78, 5) is 1.09. The Labute approximate surface area is 97.5 Å². The van der Waals surface area contributed by atoms with E-state index in [-0.39, 0.29) is 7.92 Å². The first-order chi connectivity index (χ1) is 7.29. The van der Waals surface area contributed by atoms with Gasteiger partial charge in [-0.05, 0) is 31.3 Å². The van der Waals surface area contributed by atoms with Crippen molar-refractivity contribution < 1.29 is 0 Å². The van der Waals surface area contributed by atoms with Crippen LogP contribution in [0.5, 0.6) is 0 Å². The van der Waals surface area contributed by atoms with E-state index in [2.05, 4.69) is 67.8 Å². The number of thiol groups is 1. The molecule has 0 radical (unpaired) electrons. The van der Waals surface area contributed by atoms with Gasteiger partial charge in [-0.3, -0.25) is 0 Å². The molecule has 1 atom stereocenters. The molecule has 0 saturated heterocycles. The molecule has 1 unspecified atom stereocenters. The van der Waals surface area contributed by atoms with E-state index in [4.69, 9.17) is 0 Å². The van der Waals surface area contributed by atoms with E-state index in [0.717, 1.165) is 4.90 Å². The van der Waals surface area contributed by atoms with Gasteiger partial charge in [0.15, 0.2) is 0 Å². The predicted octanol–water partition coefficient (Wildman–Crippen LogP) is 3.04. The van der Waals surface area contributed by atoms with Crippen molar-refractivity contribution in [1.82, 2.24) is 0 Å². The first kappa shape index (κ1) is 10.7. The Morgan fingerprint density at radius 2 is 1.47 bits per heavy atom. The summed E-state index contributed by atoms with van der Waals surface area (Å²) in [5.41, 5.74) is 0.